The van der Waals surface area contributed by atoms with Gasteiger partial charge in [0.2, 0.25) is 11.8 Å². The van der Waals surface area contributed by atoms with Crippen LogP contribution < -0.4 is 16.0 Å². The lowest BCUT2D eigenvalue weighted by Gasteiger charge is -2.22. The fourth-order valence-electron chi connectivity index (χ4n) is 2.29. The Morgan fingerprint density at radius 2 is 1.64 bits per heavy atom. The Balaban J connectivity index is 2.54. The van der Waals surface area contributed by atoms with E-state index in [-0.39, 0.29) is 12.5 Å². The van der Waals surface area contributed by atoms with Gasteiger partial charge in [-0.25, -0.2) is 4.79 Å². The van der Waals surface area contributed by atoms with E-state index in [2.05, 4.69) is 16.0 Å². The van der Waals surface area contributed by atoms with E-state index in [4.69, 9.17) is 9.84 Å². The number of rotatable bonds is 10. The maximum absolute atomic E-state index is 12.3. The average Bonchev–Trinajstić information content (AvgIpc) is 2.64. The zero-order chi connectivity index (χ0) is 21.1. The minimum absolute atomic E-state index is 0.0641. The summed E-state index contributed by atoms with van der Waals surface area (Å²) in [6.07, 6.45) is -0.440. The normalized spacial score (nSPS) is 12.6. The Labute approximate surface area is 163 Å². The number of hydrogen-bond donors (Lipinski definition) is 4. The van der Waals surface area contributed by atoms with Gasteiger partial charge in [0.25, 0.3) is 0 Å². The first-order valence-electron chi connectivity index (χ1n) is 8.96. The smallest absolute Gasteiger partial charge is 0.408 e. The molecule has 4 N–H and O–H groups in total. The number of carboxylic acid groups (broad SMARTS) is 1. The molecule has 3 amide bonds. The number of amides is 3. The molecule has 0 spiro atoms. The van der Waals surface area contributed by atoms with Crippen LogP contribution in [0.1, 0.15) is 32.8 Å². The lowest BCUT2D eigenvalue weighted by Crippen LogP contribution is -2.53. The van der Waals surface area contributed by atoms with Crippen molar-refractivity contribution in [2.75, 3.05) is 6.54 Å². The number of ether oxygens (including phenoxy) is 1. The first kappa shape index (κ1) is 22.9. The molecule has 0 bridgehead atoms. The van der Waals surface area contributed by atoms with Gasteiger partial charge in [0, 0.05) is 0 Å². The quantitative estimate of drug-likeness (QED) is 0.469. The van der Waals surface area contributed by atoms with E-state index in [1.807, 2.05) is 32.0 Å². The van der Waals surface area contributed by atoms with Crippen LogP contribution in [0.15, 0.2) is 30.3 Å². The topological polar surface area (TPSA) is 134 Å². The molecule has 154 valence electrons. The van der Waals surface area contributed by atoms with Crippen molar-refractivity contribution in [1.29, 1.82) is 0 Å². The van der Waals surface area contributed by atoms with E-state index < -0.39 is 42.5 Å². The highest BCUT2D eigenvalue weighted by Gasteiger charge is 2.25. The van der Waals surface area contributed by atoms with Crippen LogP contribution in [-0.4, -0.2) is 47.6 Å². The Morgan fingerprint density at radius 3 is 2.21 bits per heavy atom. The van der Waals surface area contributed by atoms with Crippen LogP contribution in [0.25, 0.3) is 0 Å². The van der Waals surface area contributed by atoms with E-state index in [9.17, 15) is 19.2 Å². The minimum atomic E-state index is -1.18. The molecular weight excluding hydrogens is 366 g/mol. The first-order chi connectivity index (χ1) is 13.2. The van der Waals surface area contributed by atoms with Gasteiger partial charge in [0.15, 0.2) is 0 Å². The molecule has 0 saturated carbocycles. The molecule has 0 aromatic heterocycles. The number of hydrogen-bond acceptors (Lipinski definition) is 5. The van der Waals surface area contributed by atoms with Gasteiger partial charge in [-0.3, -0.25) is 14.4 Å². The van der Waals surface area contributed by atoms with Crippen LogP contribution in [0.4, 0.5) is 4.79 Å². The summed E-state index contributed by atoms with van der Waals surface area (Å²) in [5.74, 6) is -2.27. The molecule has 0 radical (unpaired) electrons. The molecule has 1 aromatic carbocycles. The Bertz CT molecular complexity index is 678. The Kier molecular flexibility index (Phi) is 9.49. The predicted octanol–water partition coefficient (Wildman–Crippen LogP) is 1.03. The highest BCUT2D eigenvalue weighted by molar-refractivity contribution is 5.92. The molecule has 9 nitrogen and oxygen atoms in total. The molecule has 0 aliphatic carbocycles. The third-order valence-corrected chi connectivity index (χ3v) is 3.69. The van der Waals surface area contributed by atoms with E-state index >= 15 is 0 Å². The van der Waals surface area contributed by atoms with Crippen LogP contribution >= 0.6 is 0 Å². The molecule has 0 aliphatic heterocycles. The van der Waals surface area contributed by atoms with Gasteiger partial charge in [-0.2, -0.15) is 0 Å². The average molecular weight is 393 g/mol. The molecule has 0 heterocycles. The fraction of sp³-hybridized carbons (Fsp3) is 0.474. The lowest BCUT2D eigenvalue weighted by atomic mass is 10.0. The molecular formula is C19H27N3O6. The van der Waals surface area contributed by atoms with Gasteiger partial charge in [-0.05, 0) is 24.8 Å². The second kappa shape index (κ2) is 11.6. The summed E-state index contributed by atoms with van der Waals surface area (Å²) in [5, 5.41) is 15.8. The molecule has 1 rings (SSSR count). The Hall–Kier alpha value is -3.10. The van der Waals surface area contributed by atoms with Crippen LogP contribution in [-0.2, 0) is 25.7 Å². The predicted molar refractivity (Wildman–Crippen MR) is 101 cm³/mol. The summed E-state index contributed by atoms with van der Waals surface area (Å²) in [5.41, 5.74) is 0.807. The van der Waals surface area contributed by atoms with Crippen LogP contribution in [0, 0.1) is 5.92 Å². The molecule has 28 heavy (non-hydrogen) atoms. The van der Waals surface area contributed by atoms with Crippen molar-refractivity contribution in [2.45, 2.75) is 45.9 Å². The van der Waals surface area contributed by atoms with Crippen molar-refractivity contribution in [3.63, 3.8) is 0 Å². The minimum Gasteiger partial charge on any atom is -0.480 e. The summed E-state index contributed by atoms with van der Waals surface area (Å²) in [6.45, 7) is 4.72. The molecule has 0 aliphatic rings. The summed E-state index contributed by atoms with van der Waals surface area (Å²) in [4.78, 5) is 46.9. The number of nitrogens with one attached hydrogen (secondary N) is 3. The Morgan fingerprint density at radius 1 is 1.00 bits per heavy atom. The largest absolute Gasteiger partial charge is 0.480 e. The van der Waals surface area contributed by atoms with Crippen molar-refractivity contribution in [2.24, 2.45) is 5.92 Å². The van der Waals surface area contributed by atoms with Crippen molar-refractivity contribution in [3.05, 3.63) is 35.9 Å². The zero-order valence-electron chi connectivity index (χ0n) is 16.2. The highest BCUT2D eigenvalue weighted by Crippen LogP contribution is 2.06. The maximum Gasteiger partial charge on any atom is 0.408 e. The monoisotopic (exact) mass is 393 g/mol. The number of aliphatic carboxylic acids is 1. The van der Waals surface area contributed by atoms with Gasteiger partial charge < -0.3 is 25.8 Å². The van der Waals surface area contributed by atoms with E-state index in [1.54, 1.807) is 12.1 Å². The third-order valence-electron chi connectivity index (χ3n) is 3.69. The van der Waals surface area contributed by atoms with Crippen LogP contribution in [0.2, 0.25) is 0 Å². The molecule has 0 fully saturated rings. The standard InChI is InChI=1S/C19H27N3O6/c1-12(2)9-15(18(26)20-10-16(23)24)22-17(25)13(3)21-19(27)28-11-14-7-5-4-6-8-14/h4-8,12-13,15H,9-11H2,1-3H3,(H,20,26)(H,21,27)(H,22,25)(H,23,24)/t13-,15+/m1/s1. The van der Waals surface area contributed by atoms with Crippen molar-refractivity contribution in [1.82, 2.24) is 16.0 Å². The van der Waals surface area contributed by atoms with Crippen LogP contribution in [0.5, 0.6) is 0 Å². The maximum atomic E-state index is 12.3. The molecule has 1 aromatic rings. The molecule has 9 heteroatoms. The van der Waals surface area contributed by atoms with Gasteiger partial charge in [-0.15, -0.1) is 0 Å². The molecule has 0 saturated heterocycles. The second-order valence-corrected chi connectivity index (χ2v) is 6.73. The van der Waals surface area contributed by atoms with E-state index in [1.165, 1.54) is 6.92 Å². The van der Waals surface area contributed by atoms with Crippen LogP contribution in [0.3, 0.4) is 0 Å². The molecule has 2 atom stereocenters. The zero-order valence-corrected chi connectivity index (χ0v) is 16.2. The summed E-state index contributed by atoms with van der Waals surface area (Å²) in [6, 6.07) is 7.23. The number of benzene rings is 1. The summed E-state index contributed by atoms with van der Waals surface area (Å²) < 4.78 is 5.06. The third kappa shape index (κ3) is 9.02. The van der Waals surface area contributed by atoms with Crippen molar-refractivity contribution >= 4 is 23.9 Å². The van der Waals surface area contributed by atoms with Gasteiger partial charge >= 0.3 is 12.1 Å². The van der Waals surface area contributed by atoms with Gasteiger partial charge in [0.05, 0.1) is 0 Å². The highest BCUT2D eigenvalue weighted by atomic mass is 16.5. The number of carbonyl (C=O) groups excluding carboxylic acids is 3. The summed E-state index contributed by atoms with van der Waals surface area (Å²) in [7, 11) is 0. The number of alkyl carbamates (subject to hydrolysis) is 1. The lowest BCUT2D eigenvalue weighted by molar-refractivity contribution is -0.138. The number of carboxylic acids is 1. The number of carbonyl (C=O) groups is 4. The van der Waals surface area contributed by atoms with E-state index in [0.29, 0.717) is 6.42 Å². The SMILES string of the molecule is CC(C)C[C@H](NC(=O)[C@@H](C)NC(=O)OCc1ccccc1)C(=O)NCC(=O)O. The second-order valence-electron chi connectivity index (χ2n) is 6.73. The van der Waals surface area contributed by atoms with Crippen molar-refractivity contribution in [3.8, 4) is 0 Å². The van der Waals surface area contributed by atoms with Gasteiger partial charge in [-0.1, -0.05) is 44.2 Å². The summed E-state index contributed by atoms with van der Waals surface area (Å²) >= 11 is 0. The molecule has 0 unspecified atom stereocenters. The fourth-order valence-corrected chi connectivity index (χ4v) is 2.29. The van der Waals surface area contributed by atoms with Crippen molar-refractivity contribution < 1.29 is 29.0 Å². The first-order valence-corrected chi connectivity index (χ1v) is 8.96. The van der Waals surface area contributed by atoms with Gasteiger partial charge in [0.1, 0.15) is 25.2 Å². The van der Waals surface area contributed by atoms with E-state index in [0.717, 1.165) is 5.56 Å².